The molecule has 1 aromatic heterocycles. The smallest absolute Gasteiger partial charge is 0.185 e. The summed E-state index contributed by atoms with van der Waals surface area (Å²) in [7, 11) is 2.15. The van der Waals surface area contributed by atoms with Gasteiger partial charge in [0.1, 0.15) is 0 Å². The van der Waals surface area contributed by atoms with E-state index >= 15 is 0 Å². The molecule has 14 heavy (non-hydrogen) atoms. The molecule has 1 aliphatic heterocycles. The van der Waals surface area contributed by atoms with Crippen molar-refractivity contribution < 1.29 is 0 Å². The Kier molecular flexibility index (Phi) is 3.03. The van der Waals surface area contributed by atoms with E-state index in [0.29, 0.717) is 6.04 Å². The second-order valence-corrected chi connectivity index (χ2v) is 4.57. The molecule has 0 spiro atoms. The van der Waals surface area contributed by atoms with Gasteiger partial charge in [-0.15, -0.1) is 11.3 Å². The van der Waals surface area contributed by atoms with Gasteiger partial charge in [-0.2, -0.15) is 0 Å². The Bertz CT molecular complexity index is 291. The highest BCUT2D eigenvalue weighted by atomic mass is 32.1. The maximum absolute atomic E-state index is 4.59. The van der Waals surface area contributed by atoms with Crippen molar-refractivity contribution in [3.8, 4) is 0 Å². The SMILES string of the molecule is CCc1csc(N(C)C2CCNC2)n1. The molecule has 4 heteroatoms. The number of nitrogens with one attached hydrogen (secondary N) is 1. The zero-order valence-electron chi connectivity index (χ0n) is 8.79. The molecule has 3 nitrogen and oxygen atoms in total. The molecule has 0 aliphatic carbocycles. The first-order valence-corrected chi connectivity index (χ1v) is 6.07. The molecule has 0 radical (unpaired) electrons. The van der Waals surface area contributed by atoms with Crippen LogP contribution in [0.4, 0.5) is 5.13 Å². The van der Waals surface area contributed by atoms with Crippen molar-refractivity contribution in [2.75, 3.05) is 25.0 Å². The monoisotopic (exact) mass is 211 g/mol. The van der Waals surface area contributed by atoms with E-state index in [4.69, 9.17) is 0 Å². The quantitative estimate of drug-likeness (QED) is 0.821. The van der Waals surface area contributed by atoms with Gasteiger partial charge in [0.05, 0.1) is 5.69 Å². The first-order valence-electron chi connectivity index (χ1n) is 5.19. The Morgan fingerprint density at radius 3 is 3.14 bits per heavy atom. The van der Waals surface area contributed by atoms with Crippen LogP contribution >= 0.6 is 11.3 Å². The molecule has 0 saturated carbocycles. The standard InChI is InChI=1S/C10H17N3S/c1-3-8-7-14-10(12-8)13(2)9-4-5-11-6-9/h7,9,11H,3-6H2,1-2H3. The molecule has 0 aromatic carbocycles. The topological polar surface area (TPSA) is 28.2 Å². The molecule has 1 aliphatic rings. The third kappa shape index (κ3) is 1.91. The zero-order valence-corrected chi connectivity index (χ0v) is 9.60. The third-order valence-corrected chi connectivity index (χ3v) is 3.77. The highest BCUT2D eigenvalue weighted by Gasteiger charge is 2.21. The van der Waals surface area contributed by atoms with Crippen molar-refractivity contribution in [3.05, 3.63) is 11.1 Å². The molecule has 1 N–H and O–H groups in total. The molecular weight excluding hydrogens is 194 g/mol. The largest absolute Gasteiger partial charge is 0.347 e. The fraction of sp³-hybridized carbons (Fsp3) is 0.700. The van der Waals surface area contributed by atoms with E-state index in [-0.39, 0.29) is 0 Å². The van der Waals surface area contributed by atoms with Crippen molar-refractivity contribution in [2.24, 2.45) is 0 Å². The molecule has 0 amide bonds. The third-order valence-electron chi connectivity index (χ3n) is 2.79. The van der Waals surface area contributed by atoms with Crippen LogP contribution in [0.1, 0.15) is 19.0 Å². The lowest BCUT2D eigenvalue weighted by molar-refractivity contribution is 0.682. The van der Waals surface area contributed by atoms with E-state index in [0.717, 1.165) is 24.6 Å². The Morgan fingerprint density at radius 1 is 1.71 bits per heavy atom. The fourth-order valence-electron chi connectivity index (χ4n) is 1.75. The molecule has 0 bridgehead atoms. The van der Waals surface area contributed by atoms with Crippen LogP contribution in [-0.2, 0) is 6.42 Å². The highest BCUT2D eigenvalue weighted by molar-refractivity contribution is 7.13. The number of thiazole rings is 1. The molecule has 1 aromatic rings. The van der Waals surface area contributed by atoms with E-state index in [1.165, 1.54) is 12.1 Å². The summed E-state index contributed by atoms with van der Waals surface area (Å²) >= 11 is 1.76. The molecule has 78 valence electrons. The van der Waals surface area contributed by atoms with Gasteiger partial charge < -0.3 is 10.2 Å². The van der Waals surface area contributed by atoms with Gasteiger partial charge in [-0.3, -0.25) is 0 Å². The summed E-state index contributed by atoms with van der Waals surface area (Å²) < 4.78 is 0. The van der Waals surface area contributed by atoms with Gasteiger partial charge in [0.2, 0.25) is 0 Å². The Labute approximate surface area is 89.1 Å². The summed E-state index contributed by atoms with van der Waals surface area (Å²) in [5.41, 5.74) is 1.21. The minimum Gasteiger partial charge on any atom is -0.347 e. The number of hydrogen-bond acceptors (Lipinski definition) is 4. The van der Waals surface area contributed by atoms with Gasteiger partial charge >= 0.3 is 0 Å². The summed E-state index contributed by atoms with van der Waals surface area (Å²) in [5.74, 6) is 0. The normalized spacial score (nSPS) is 21.4. The van der Waals surface area contributed by atoms with Crippen molar-refractivity contribution in [3.63, 3.8) is 0 Å². The van der Waals surface area contributed by atoms with E-state index in [1.807, 2.05) is 0 Å². The molecular formula is C10H17N3S. The number of rotatable bonds is 3. The van der Waals surface area contributed by atoms with E-state index in [1.54, 1.807) is 11.3 Å². The lowest BCUT2D eigenvalue weighted by Crippen LogP contribution is -2.33. The van der Waals surface area contributed by atoms with Gasteiger partial charge in [-0.05, 0) is 19.4 Å². The van der Waals surface area contributed by atoms with Gasteiger partial charge in [-0.25, -0.2) is 4.98 Å². The molecule has 1 unspecified atom stereocenters. The van der Waals surface area contributed by atoms with Crippen molar-refractivity contribution >= 4 is 16.5 Å². The second-order valence-electron chi connectivity index (χ2n) is 3.73. The number of nitrogens with zero attached hydrogens (tertiary/aromatic N) is 2. The summed E-state index contributed by atoms with van der Waals surface area (Å²) in [6.45, 7) is 4.38. The van der Waals surface area contributed by atoms with Crippen molar-refractivity contribution in [2.45, 2.75) is 25.8 Å². The predicted molar refractivity (Wildman–Crippen MR) is 61.2 cm³/mol. The maximum Gasteiger partial charge on any atom is 0.185 e. The Morgan fingerprint density at radius 2 is 2.57 bits per heavy atom. The minimum atomic E-state index is 0.630. The van der Waals surface area contributed by atoms with Gasteiger partial charge in [0, 0.05) is 25.0 Å². The summed E-state index contributed by atoms with van der Waals surface area (Å²) in [5, 5.41) is 6.70. The average Bonchev–Trinajstić information content (AvgIpc) is 2.88. The van der Waals surface area contributed by atoms with Crippen LogP contribution in [0.15, 0.2) is 5.38 Å². The van der Waals surface area contributed by atoms with Crippen LogP contribution < -0.4 is 10.2 Å². The highest BCUT2D eigenvalue weighted by Crippen LogP contribution is 2.23. The Hall–Kier alpha value is -0.610. The van der Waals surface area contributed by atoms with E-state index in [2.05, 4.69) is 34.6 Å². The van der Waals surface area contributed by atoms with Gasteiger partial charge in [0.25, 0.3) is 0 Å². The molecule has 1 fully saturated rings. The van der Waals surface area contributed by atoms with E-state index in [9.17, 15) is 0 Å². The lowest BCUT2D eigenvalue weighted by Gasteiger charge is -2.22. The maximum atomic E-state index is 4.59. The van der Waals surface area contributed by atoms with Crippen LogP contribution in [0.25, 0.3) is 0 Å². The number of likely N-dealkylation sites (N-methyl/N-ethyl adjacent to an activating group) is 1. The number of hydrogen-bond donors (Lipinski definition) is 1. The lowest BCUT2D eigenvalue weighted by atomic mass is 10.2. The minimum absolute atomic E-state index is 0.630. The second kappa shape index (κ2) is 4.28. The number of aromatic nitrogens is 1. The van der Waals surface area contributed by atoms with Crippen molar-refractivity contribution in [1.29, 1.82) is 0 Å². The zero-order chi connectivity index (χ0) is 9.97. The van der Waals surface area contributed by atoms with Crippen LogP contribution in [-0.4, -0.2) is 31.2 Å². The van der Waals surface area contributed by atoms with Crippen molar-refractivity contribution in [1.82, 2.24) is 10.3 Å². The first-order chi connectivity index (χ1) is 6.81. The average molecular weight is 211 g/mol. The number of anilines is 1. The van der Waals surface area contributed by atoms with E-state index < -0.39 is 0 Å². The molecule has 1 atom stereocenters. The summed E-state index contributed by atoms with van der Waals surface area (Å²) in [6, 6.07) is 0.630. The van der Waals surface area contributed by atoms with Crippen LogP contribution in [0.5, 0.6) is 0 Å². The Balaban J connectivity index is 2.05. The molecule has 1 saturated heterocycles. The molecule has 2 rings (SSSR count). The van der Waals surface area contributed by atoms with Gasteiger partial charge in [0.15, 0.2) is 5.13 Å². The first kappa shape index (κ1) is 9.93. The predicted octanol–water partition coefficient (Wildman–Crippen LogP) is 1.50. The van der Waals surface area contributed by atoms with Crippen LogP contribution in [0.2, 0.25) is 0 Å². The fourth-order valence-corrected chi connectivity index (χ4v) is 2.69. The van der Waals surface area contributed by atoms with Crippen LogP contribution in [0.3, 0.4) is 0 Å². The summed E-state index contributed by atoms with van der Waals surface area (Å²) in [6.07, 6.45) is 2.27. The number of aryl methyl sites for hydroxylation is 1. The van der Waals surface area contributed by atoms with Gasteiger partial charge in [-0.1, -0.05) is 6.92 Å². The summed E-state index contributed by atoms with van der Waals surface area (Å²) in [4.78, 5) is 6.90. The molecule has 2 heterocycles. The van der Waals surface area contributed by atoms with Crippen LogP contribution in [0, 0.1) is 0 Å².